The van der Waals surface area contributed by atoms with Crippen molar-refractivity contribution >= 4 is 11.8 Å². The molecule has 1 aromatic heterocycles. The molecule has 2 aliphatic heterocycles. The fourth-order valence-corrected chi connectivity index (χ4v) is 4.29. The normalized spacial score (nSPS) is 20.6. The molecule has 0 bridgehead atoms. The third-order valence-corrected chi connectivity index (χ3v) is 6.01. The molecule has 1 atom stereocenters. The first-order valence-corrected chi connectivity index (χ1v) is 10.4. The predicted molar refractivity (Wildman–Crippen MR) is 112 cm³/mol. The van der Waals surface area contributed by atoms with Crippen LogP contribution in [0.4, 0.5) is 0 Å². The van der Waals surface area contributed by atoms with E-state index in [9.17, 15) is 9.59 Å². The van der Waals surface area contributed by atoms with Gasteiger partial charge in [0.25, 0.3) is 5.91 Å². The molecule has 0 saturated carbocycles. The van der Waals surface area contributed by atoms with Crippen molar-refractivity contribution in [2.24, 2.45) is 0 Å². The highest BCUT2D eigenvalue weighted by Crippen LogP contribution is 2.26. The monoisotopic (exact) mass is 392 g/mol. The summed E-state index contributed by atoms with van der Waals surface area (Å²) in [5.74, 6) is 0.633. The molecular formula is C23H28N4O2. The smallest absolute Gasteiger partial charge is 0.251 e. The van der Waals surface area contributed by atoms with Crippen LogP contribution in [0.1, 0.15) is 41.1 Å². The second kappa shape index (κ2) is 9.18. The Kier molecular flexibility index (Phi) is 6.20. The van der Waals surface area contributed by atoms with E-state index in [-0.39, 0.29) is 17.9 Å². The highest BCUT2D eigenvalue weighted by molar-refractivity contribution is 5.94. The minimum absolute atomic E-state index is 0.0334. The van der Waals surface area contributed by atoms with Gasteiger partial charge in [0.15, 0.2) is 0 Å². The summed E-state index contributed by atoms with van der Waals surface area (Å²) in [6.07, 6.45) is 6.42. The van der Waals surface area contributed by atoms with Crippen LogP contribution in [0.25, 0.3) is 0 Å². The van der Waals surface area contributed by atoms with Crippen molar-refractivity contribution in [1.82, 2.24) is 20.1 Å². The van der Waals surface area contributed by atoms with Gasteiger partial charge in [-0.3, -0.25) is 19.5 Å². The van der Waals surface area contributed by atoms with Gasteiger partial charge in [0.05, 0.1) is 6.54 Å². The van der Waals surface area contributed by atoms with Crippen molar-refractivity contribution in [2.45, 2.75) is 31.2 Å². The zero-order valence-electron chi connectivity index (χ0n) is 16.7. The van der Waals surface area contributed by atoms with Gasteiger partial charge in [0.1, 0.15) is 0 Å². The minimum atomic E-state index is -0.0334. The minimum Gasteiger partial charge on any atom is -0.349 e. The molecule has 2 aromatic rings. The molecule has 0 aliphatic carbocycles. The second-order valence-corrected chi connectivity index (χ2v) is 8.00. The lowest BCUT2D eigenvalue weighted by atomic mass is 10.0. The topological polar surface area (TPSA) is 65.5 Å². The zero-order chi connectivity index (χ0) is 20.1. The molecule has 1 N–H and O–H groups in total. The first-order valence-electron chi connectivity index (χ1n) is 10.4. The number of hydrogen-bond acceptors (Lipinski definition) is 4. The summed E-state index contributed by atoms with van der Waals surface area (Å²) in [5, 5.41) is 3.10. The lowest BCUT2D eigenvalue weighted by molar-refractivity contribution is -0.133. The van der Waals surface area contributed by atoms with Crippen LogP contribution in [0.2, 0.25) is 0 Å². The molecule has 2 saturated heterocycles. The number of nitrogens with one attached hydrogen (secondary N) is 1. The Bertz CT molecular complexity index is 819. The van der Waals surface area contributed by atoms with Crippen molar-refractivity contribution in [2.75, 3.05) is 32.7 Å². The highest BCUT2D eigenvalue weighted by atomic mass is 16.2. The van der Waals surface area contributed by atoms with Gasteiger partial charge in [-0.1, -0.05) is 24.3 Å². The number of piperidine rings is 1. The van der Waals surface area contributed by atoms with E-state index in [1.165, 1.54) is 5.56 Å². The highest BCUT2D eigenvalue weighted by Gasteiger charge is 2.29. The Morgan fingerprint density at radius 1 is 1.00 bits per heavy atom. The van der Waals surface area contributed by atoms with Crippen LogP contribution in [0.3, 0.4) is 0 Å². The fourth-order valence-electron chi connectivity index (χ4n) is 4.29. The summed E-state index contributed by atoms with van der Waals surface area (Å²) in [6, 6.07) is 13.5. The van der Waals surface area contributed by atoms with Crippen molar-refractivity contribution in [1.29, 1.82) is 0 Å². The van der Waals surface area contributed by atoms with Gasteiger partial charge in [-0.05, 0) is 55.5 Å². The standard InChI is InChI=1S/C23H28N4O2/c28-22(17-26-12-8-20(16-26)19-7-4-11-24-15-19)27-13-9-21(10-14-27)25-23(29)18-5-2-1-3-6-18/h1-7,11,15,20-21H,8-10,12-14,16-17H2,(H,25,29). The molecule has 1 unspecified atom stereocenters. The van der Waals surface area contributed by atoms with Crippen molar-refractivity contribution < 1.29 is 9.59 Å². The molecule has 6 nitrogen and oxygen atoms in total. The molecular weight excluding hydrogens is 364 g/mol. The first-order chi connectivity index (χ1) is 14.2. The van der Waals surface area contributed by atoms with Gasteiger partial charge in [-0.15, -0.1) is 0 Å². The molecule has 2 amide bonds. The van der Waals surface area contributed by atoms with Crippen LogP contribution in [0.5, 0.6) is 0 Å². The third-order valence-electron chi connectivity index (χ3n) is 6.01. The van der Waals surface area contributed by atoms with E-state index in [0.29, 0.717) is 31.1 Å². The first kappa shape index (κ1) is 19.6. The van der Waals surface area contributed by atoms with Gasteiger partial charge in [0, 0.05) is 43.6 Å². The number of benzene rings is 1. The van der Waals surface area contributed by atoms with Crippen molar-refractivity contribution in [3.05, 3.63) is 66.0 Å². The van der Waals surface area contributed by atoms with Gasteiger partial charge in [-0.2, -0.15) is 0 Å². The molecule has 4 rings (SSSR count). The molecule has 2 aliphatic rings. The van der Waals surface area contributed by atoms with Crippen molar-refractivity contribution in [3.63, 3.8) is 0 Å². The number of aromatic nitrogens is 1. The van der Waals surface area contributed by atoms with Crippen LogP contribution in [-0.2, 0) is 4.79 Å². The molecule has 1 aromatic carbocycles. The van der Waals surface area contributed by atoms with E-state index < -0.39 is 0 Å². The van der Waals surface area contributed by atoms with Crippen LogP contribution < -0.4 is 5.32 Å². The Morgan fingerprint density at radius 2 is 1.79 bits per heavy atom. The lowest BCUT2D eigenvalue weighted by Crippen LogP contribution is -2.48. The van der Waals surface area contributed by atoms with E-state index in [1.807, 2.05) is 47.5 Å². The number of likely N-dealkylation sites (tertiary alicyclic amines) is 2. The van der Waals surface area contributed by atoms with Gasteiger partial charge < -0.3 is 10.2 Å². The zero-order valence-corrected chi connectivity index (χ0v) is 16.7. The molecule has 0 radical (unpaired) electrons. The number of hydrogen-bond donors (Lipinski definition) is 1. The quantitative estimate of drug-likeness (QED) is 0.848. The van der Waals surface area contributed by atoms with Gasteiger partial charge in [-0.25, -0.2) is 0 Å². The fraction of sp³-hybridized carbons (Fsp3) is 0.435. The largest absolute Gasteiger partial charge is 0.349 e. The van der Waals surface area contributed by atoms with E-state index >= 15 is 0 Å². The summed E-state index contributed by atoms with van der Waals surface area (Å²) < 4.78 is 0. The molecule has 152 valence electrons. The Morgan fingerprint density at radius 3 is 2.52 bits per heavy atom. The van der Waals surface area contributed by atoms with E-state index in [1.54, 1.807) is 6.20 Å². The number of amides is 2. The number of pyridine rings is 1. The summed E-state index contributed by atoms with van der Waals surface area (Å²) in [7, 11) is 0. The lowest BCUT2D eigenvalue weighted by Gasteiger charge is -2.33. The number of carbonyl (C=O) groups excluding carboxylic acids is 2. The molecule has 29 heavy (non-hydrogen) atoms. The summed E-state index contributed by atoms with van der Waals surface area (Å²) in [6.45, 7) is 3.77. The Labute approximate surface area is 171 Å². The Balaban J connectivity index is 1.21. The van der Waals surface area contributed by atoms with Crippen LogP contribution in [0, 0.1) is 0 Å². The van der Waals surface area contributed by atoms with Crippen LogP contribution in [0.15, 0.2) is 54.9 Å². The predicted octanol–water partition coefficient (Wildman–Crippen LogP) is 2.29. The molecule has 2 fully saturated rings. The summed E-state index contributed by atoms with van der Waals surface area (Å²) in [5.41, 5.74) is 1.95. The van der Waals surface area contributed by atoms with E-state index in [4.69, 9.17) is 0 Å². The average Bonchev–Trinajstić information content (AvgIpc) is 3.24. The maximum Gasteiger partial charge on any atom is 0.251 e. The maximum absolute atomic E-state index is 12.7. The Hall–Kier alpha value is -2.73. The second-order valence-electron chi connectivity index (χ2n) is 8.00. The molecule has 6 heteroatoms. The van der Waals surface area contributed by atoms with Crippen molar-refractivity contribution in [3.8, 4) is 0 Å². The van der Waals surface area contributed by atoms with Crippen LogP contribution >= 0.6 is 0 Å². The number of nitrogens with zero attached hydrogens (tertiary/aromatic N) is 3. The van der Waals surface area contributed by atoms with Gasteiger partial charge >= 0.3 is 0 Å². The third kappa shape index (κ3) is 5.01. The summed E-state index contributed by atoms with van der Waals surface area (Å²) >= 11 is 0. The molecule has 3 heterocycles. The SMILES string of the molecule is O=C(NC1CCN(C(=O)CN2CCC(c3cccnc3)C2)CC1)c1ccccc1. The number of rotatable bonds is 5. The van der Waals surface area contributed by atoms with E-state index in [0.717, 1.165) is 32.4 Å². The summed E-state index contributed by atoms with van der Waals surface area (Å²) in [4.78, 5) is 33.4. The van der Waals surface area contributed by atoms with Crippen LogP contribution in [-0.4, -0.2) is 65.4 Å². The number of carbonyl (C=O) groups is 2. The van der Waals surface area contributed by atoms with E-state index in [2.05, 4.69) is 21.3 Å². The van der Waals surface area contributed by atoms with Gasteiger partial charge in [0.2, 0.25) is 5.91 Å². The maximum atomic E-state index is 12.7. The molecule has 0 spiro atoms. The average molecular weight is 393 g/mol.